The normalized spacial score (nSPS) is 23.0. The number of aliphatic hydroxyl groups excluding tert-OH is 1. The molecular formula is C14H12O. The maximum absolute atomic E-state index is 10.0. The van der Waals surface area contributed by atoms with Crippen molar-refractivity contribution in [2.24, 2.45) is 0 Å². The van der Waals surface area contributed by atoms with Gasteiger partial charge in [-0.15, -0.1) is 0 Å². The van der Waals surface area contributed by atoms with Crippen LogP contribution in [0.1, 0.15) is 28.7 Å². The molecule has 0 spiro atoms. The van der Waals surface area contributed by atoms with E-state index in [2.05, 4.69) is 18.2 Å². The van der Waals surface area contributed by atoms with Crippen molar-refractivity contribution in [2.45, 2.75) is 12.0 Å². The second-order valence-corrected chi connectivity index (χ2v) is 3.96. The minimum Gasteiger partial charge on any atom is -0.387 e. The Labute approximate surface area is 89.0 Å². The van der Waals surface area contributed by atoms with Crippen LogP contribution in [0.4, 0.5) is 0 Å². The third kappa shape index (κ3) is 1.20. The van der Waals surface area contributed by atoms with Gasteiger partial charge in [-0.3, -0.25) is 0 Å². The molecule has 2 aromatic rings. The molecule has 0 bridgehead atoms. The first-order valence-corrected chi connectivity index (χ1v) is 5.20. The van der Waals surface area contributed by atoms with E-state index in [0.29, 0.717) is 0 Å². The van der Waals surface area contributed by atoms with Crippen LogP contribution in [0.15, 0.2) is 54.6 Å². The quantitative estimate of drug-likeness (QED) is 0.743. The molecule has 1 heteroatoms. The summed E-state index contributed by atoms with van der Waals surface area (Å²) in [5.74, 6) is 0.169. The van der Waals surface area contributed by atoms with E-state index in [4.69, 9.17) is 0 Å². The minimum absolute atomic E-state index is 0.169. The summed E-state index contributed by atoms with van der Waals surface area (Å²) >= 11 is 0. The second-order valence-electron chi connectivity index (χ2n) is 3.96. The van der Waals surface area contributed by atoms with Crippen molar-refractivity contribution in [1.82, 2.24) is 0 Å². The molecule has 0 aliphatic heterocycles. The Morgan fingerprint density at radius 2 is 1.33 bits per heavy atom. The van der Waals surface area contributed by atoms with Gasteiger partial charge in [0.2, 0.25) is 0 Å². The maximum Gasteiger partial charge on any atom is 0.0902 e. The molecule has 2 aromatic carbocycles. The first kappa shape index (κ1) is 8.69. The van der Waals surface area contributed by atoms with Gasteiger partial charge in [0.05, 0.1) is 6.10 Å². The zero-order valence-corrected chi connectivity index (χ0v) is 8.30. The molecule has 0 fully saturated rings. The lowest BCUT2D eigenvalue weighted by Crippen LogP contribution is -2.24. The number of aliphatic hydroxyl groups is 1. The average Bonchev–Trinajstić information content (AvgIpc) is 2.30. The van der Waals surface area contributed by atoms with Crippen molar-refractivity contribution < 1.29 is 5.11 Å². The topological polar surface area (TPSA) is 20.2 Å². The molecule has 0 saturated heterocycles. The molecule has 2 atom stereocenters. The monoisotopic (exact) mass is 196 g/mol. The molecule has 0 unspecified atom stereocenters. The van der Waals surface area contributed by atoms with Crippen LogP contribution in [0.3, 0.4) is 0 Å². The van der Waals surface area contributed by atoms with Crippen LogP contribution in [0, 0.1) is 0 Å². The molecule has 0 amide bonds. The SMILES string of the molecule is O[C@@H]1c2ccccc2[C@H]1c1ccccc1. The molecule has 0 aromatic heterocycles. The third-order valence-electron chi connectivity index (χ3n) is 3.12. The highest BCUT2D eigenvalue weighted by atomic mass is 16.3. The van der Waals surface area contributed by atoms with E-state index < -0.39 is 0 Å². The largest absolute Gasteiger partial charge is 0.387 e. The van der Waals surface area contributed by atoms with Gasteiger partial charge >= 0.3 is 0 Å². The summed E-state index contributed by atoms with van der Waals surface area (Å²) in [5.41, 5.74) is 3.53. The van der Waals surface area contributed by atoms with Gasteiger partial charge in [-0.1, -0.05) is 54.6 Å². The smallest absolute Gasteiger partial charge is 0.0902 e. The Morgan fingerprint density at radius 1 is 0.733 bits per heavy atom. The number of benzene rings is 2. The van der Waals surface area contributed by atoms with Crippen LogP contribution in [-0.2, 0) is 0 Å². The van der Waals surface area contributed by atoms with Crippen LogP contribution >= 0.6 is 0 Å². The predicted octanol–water partition coefficient (Wildman–Crippen LogP) is 2.87. The lowest BCUT2D eigenvalue weighted by atomic mass is 9.71. The standard InChI is InChI=1S/C14H12O/c15-14-12-9-5-4-8-11(12)13(14)10-6-2-1-3-7-10/h1-9,13-15H/t13-,14-/m1/s1. The minimum atomic E-state index is -0.330. The van der Waals surface area contributed by atoms with E-state index in [1.165, 1.54) is 11.1 Å². The fraction of sp³-hybridized carbons (Fsp3) is 0.143. The summed E-state index contributed by atoms with van der Waals surface area (Å²) in [6, 6.07) is 18.3. The fourth-order valence-corrected chi connectivity index (χ4v) is 2.34. The lowest BCUT2D eigenvalue weighted by Gasteiger charge is -2.36. The third-order valence-corrected chi connectivity index (χ3v) is 3.12. The Balaban J connectivity index is 2.06. The molecule has 74 valence electrons. The van der Waals surface area contributed by atoms with Crippen molar-refractivity contribution in [1.29, 1.82) is 0 Å². The fourth-order valence-electron chi connectivity index (χ4n) is 2.34. The highest BCUT2D eigenvalue weighted by molar-refractivity contribution is 5.49. The van der Waals surface area contributed by atoms with Gasteiger partial charge < -0.3 is 5.11 Å². The molecule has 15 heavy (non-hydrogen) atoms. The zero-order chi connectivity index (χ0) is 10.3. The molecule has 1 aliphatic carbocycles. The Morgan fingerprint density at radius 3 is 2.07 bits per heavy atom. The van der Waals surface area contributed by atoms with Crippen molar-refractivity contribution in [3.05, 3.63) is 71.3 Å². The van der Waals surface area contributed by atoms with Crippen molar-refractivity contribution in [2.75, 3.05) is 0 Å². The molecular weight excluding hydrogens is 184 g/mol. The number of fused-ring (bicyclic) bond motifs is 1. The second kappa shape index (κ2) is 3.21. The summed E-state index contributed by atoms with van der Waals surface area (Å²) in [6.07, 6.45) is -0.330. The van der Waals surface area contributed by atoms with Gasteiger partial charge in [-0.05, 0) is 16.7 Å². The highest BCUT2D eigenvalue weighted by Crippen LogP contribution is 2.48. The Kier molecular flexibility index (Phi) is 1.86. The summed E-state index contributed by atoms with van der Waals surface area (Å²) in [7, 11) is 0. The molecule has 3 rings (SSSR count). The number of hydrogen-bond acceptors (Lipinski definition) is 1. The van der Waals surface area contributed by atoms with Gasteiger partial charge in [-0.25, -0.2) is 0 Å². The first-order chi connectivity index (χ1) is 7.38. The van der Waals surface area contributed by atoms with E-state index in [1.54, 1.807) is 0 Å². The summed E-state index contributed by atoms with van der Waals surface area (Å²) in [4.78, 5) is 0. The molecule has 0 saturated carbocycles. The molecule has 1 nitrogen and oxygen atoms in total. The average molecular weight is 196 g/mol. The van der Waals surface area contributed by atoms with E-state index in [-0.39, 0.29) is 12.0 Å². The van der Waals surface area contributed by atoms with Crippen LogP contribution in [-0.4, -0.2) is 5.11 Å². The van der Waals surface area contributed by atoms with E-state index in [0.717, 1.165) is 5.56 Å². The molecule has 0 radical (unpaired) electrons. The van der Waals surface area contributed by atoms with Gasteiger partial charge in [0.1, 0.15) is 0 Å². The van der Waals surface area contributed by atoms with E-state index in [9.17, 15) is 5.11 Å². The van der Waals surface area contributed by atoms with Gasteiger partial charge in [0, 0.05) is 5.92 Å². The summed E-state index contributed by atoms with van der Waals surface area (Å²) in [5, 5.41) is 10.0. The van der Waals surface area contributed by atoms with Gasteiger partial charge in [0.25, 0.3) is 0 Å². The van der Waals surface area contributed by atoms with Gasteiger partial charge in [-0.2, -0.15) is 0 Å². The van der Waals surface area contributed by atoms with E-state index >= 15 is 0 Å². The maximum atomic E-state index is 10.0. The predicted molar refractivity (Wildman–Crippen MR) is 59.7 cm³/mol. The highest BCUT2D eigenvalue weighted by Gasteiger charge is 2.36. The lowest BCUT2D eigenvalue weighted by molar-refractivity contribution is 0.131. The van der Waals surface area contributed by atoms with Crippen molar-refractivity contribution in [3.8, 4) is 0 Å². The Hall–Kier alpha value is -1.60. The zero-order valence-electron chi connectivity index (χ0n) is 8.30. The van der Waals surface area contributed by atoms with E-state index in [1.807, 2.05) is 36.4 Å². The summed E-state index contributed by atoms with van der Waals surface area (Å²) < 4.78 is 0. The Bertz CT molecular complexity index is 476. The first-order valence-electron chi connectivity index (χ1n) is 5.20. The van der Waals surface area contributed by atoms with Crippen LogP contribution in [0.5, 0.6) is 0 Å². The van der Waals surface area contributed by atoms with Crippen LogP contribution in [0.25, 0.3) is 0 Å². The molecule has 1 N–H and O–H groups in total. The van der Waals surface area contributed by atoms with Crippen LogP contribution in [0.2, 0.25) is 0 Å². The van der Waals surface area contributed by atoms with Crippen molar-refractivity contribution >= 4 is 0 Å². The van der Waals surface area contributed by atoms with Crippen molar-refractivity contribution in [3.63, 3.8) is 0 Å². The number of hydrogen-bond donors (Lipinski definition) is 1. The van der Waals surface area contributed by atoms with Gasteiger partial charge in [0.15, 0.2) is 0 Å². The molecule has 0 heterocycles. The van der Waals surface area contributed by atoms with Crippen LogP contribution < -0.4 is 0 Å². The number of rotatable bonds is 1. The molecule has 1 aliphatic rings. The summed E-state index contributed by atoms with van der Waals surface area (Å²) in [6.45, 7) is 0.